The molecular formula is C23H23N5O2S. The fourth-order valence-corrected chi connectivity index (χ4v) is 4.07. The van der Waals surface area contributed by atoms with Gasteiger partial charge in [-0.3, -0.25) is 19.9 Å². The molecule has 2 amide bonds. The van der Waals surface area contributed by atoms with Crippen molar-refractivity contribution in [3.63, 3.8) is 0 Å². The molecule has 1 aliphatic rings. The van der Waals surface area contributed by atoms with Crippen molar-refractivity contribution in [1.82, 2.24) is 4.98 Å². The number of hydrogen-bond acceptors (Lipinski definition) is 6. The number of nitrogens with one attached hydrogen (secondary N) is 1. The van der Waals surface area contributed by atoms with Gasteiger partial charge in [-0.15, -0.1) is 11.3 Å². The molecule has 4 rings (SSSR count). The third kappa shape index (κ3) is 4.49. The first-order valence-corrected chi connectivity index (χ1v) is 10.9. The molecule has 1 aromatic heterocycles. The third-order valence-electron chi connectivity index (χ3n) is 5.12. The Morgan fingerprint density at radius 3 is 2.48 bits per heavy atom. The van der Waals surface area contributed by atoms with Crippen LogP contribution in [0.1, 0.15) is 31.7 Å². The standard InChI is InChI=1S/C23H23N5O2S/c1-14(2)15-8-10-16(11-9-15)19-13-31-23(25-19)26-22(30)18-12-20(21(24)29)28(27-18)17-6-4-3-5-7-17/h3-11,13-14,20H,12H2,1-2H3,(H2,24,29)(H,25,26,30)/t20-/m1/s1. The predicted molar refractivity (Wildman–Crippen MR) is 124 cm³/mol. The van der Waals surface area contributed by atoms with Gasteiger partial charge in [0.15, 0.2) is 5.13 Å². The first-order chi connectivity index (χ1) is 14.9. The van der Waals surface area contributed by atoms with Crippen LogP contribution >= 0.6 is 11.3 Å². The van der Waals surface area contributed by atoms with Gasteiger partial charge >= 0.3 is 0 Å². The number of carbonyl (C=O) groups is 2. The summed E-state index contributed by atoms with van der Waals surface area (Å²) >= 11 is 1.34. The SMILES string of the molecule is CC(C)c1ccc(-c2csc(NC(=O)C3=NN(c4ccccc4)[C@@H](C(N)=O)C3)n2)cc1. The molecule has 0 bridgehead atoms. The molecule has 31 heavy (non-hydrogen) atoms. The number of hydrogen-bond donors (Lipinski definition) is 2. The van der Waals surface area contributed by atoms with Gasteiger partial charge in [0.2, 0.25) is 5.91 Å². The fraction of sp³-hybridized carbons (Fsp3) is 0.217. The Hall–Kier alpha value is -3.52. The van der Waals surface area contributed by atoms with Crippen molar-refractivity contribution in [2.75, 3.05) is 10.3 Å². The minimum atomic E-state index is -0.700. The van der Waals surface area contributed by atoms with E-state index in [4.69, 9.17) is 5.73 Å². The van der Waals surface area contributed by atoms with E-state index in [2.05, 4.69) is 41.4 Å². The van der Waals surface area contributed by atoms with Gasteiger partial charge in [0.05, 0.1) is 11.4 Å². The molecule has 158 valence electrons. The van der Waals surface area contributed by atoms with Crippen LogP contribution in [0.15, 0.2) is 65.1 Å². The average Bonchev–Trinajstić information content (AvgIpc) is 3.42. The minimum absolute atomic E-state index is 0.144. The Morgan fingerprint density at radius 2 is 1.84 bits per heavy atom. The number of rotatable bonds is 6. The Balaban J connectivity index is 1.49. The quantitative estimate of drug-likeness (QED) is 0.614. The van der Waals surface area contributed by atoms with Crippen molar-refractivity contribution in [3.05, 3.63) is 65.5 Å². The van der Waals surface area contributed by atoms with Crippen LogP contribution in [-0.2, 0) is 9.59 Å². The van der Waals surface area contributed by atoms with Crippen molar-refractivity contribution in [1.29, 1.82) is 0 Å². The topological polar surface area (TPSA) is 101 Å². The van der Waals surface area contributed by atoms with Crippen molar-refractivity contribution >= 4 is 39.7 Å². The lowest BCUT2D eigenvalue weighted by atomic mass is 10.0. The van der Waals surface area contributed by atoms with Crippen molar-refractivity contribution < 1.29 is 9.59 Å². The van der Waals surface area contributed by atoms with Crippen LogP contribution in [0, 0.1) is 0 Å². The molecule has 0 saturated carbocycles. The van der Waals surface area contributed by atoms with E-state index in [9.17, 15) is 9.59 Å². The number of para-hydroxylation sites is 1. The van der Waals surface area contributed by atoms with Gasteiger partial charge in [-0.2, -0.15) is 5.10 Å². The zero-order valence-electron chi connectivity index (χ0n) is 17.3. The molecule has 0 aliphatic carbocycles. The number of thiazole rings is 1. The van der Waals surface area contributed by atoms with Crippen LogP contribution in [0.2, 0.25) is 0 Å². The van der Waals surface area contributed by atoms with Gasteiger partial charge in [-0.25, -0.2) is 4.98 Å². The minimum Gasteiger partial charge on any atom is -0.368 e. The molecule has 2 heterocycles. The number of nitrogens with zero attached hydrogens (tertiary/aromatic N) is 3. The van der Waals surface area contributed by atoms with Crippen molar-refractivity contribution in [3.8, 4) is 11.3 Å². The molecule has 0 spiro atoms. The van der Waals surface area contributed by atoms with E-state index in [0.29, 0.717) is 16.7 Å². The van der Waals surface area contributed by atoms with Crippen LogP contribution in [0.4, 0.5) is 10.8 Å². The molecule has 0 saturated heterocycles. The second-order valence-electron chi connectivity index (χ2n) is 7.62. The van der Waals surface area contributed by atoms with E-state index in [1.807, 2.05) is 47.8 Å². The first-order valence-electron chi connectivity index (χ1n) is 10.0. The maximum atomic E-state index is 12.8. The van der Waals surface area contributed by atoms with Gasteiger partial charge in [0.1, 0.15) is 11.8 Å². The summed E-state index contributed by atoms with van der Waals surface area (Å²) in [6.07, 6.45) is 0.144. The highest BCUT2D eigenvalue weighted by molar-refractivity contribution is 7.14. The lowest BCUT2D eigenvalue weighted by Gasteiger charge is -2.20. The molecule has 1 aliphatic heterocycles. The lowest BCUT2D eigenvalue weighted by Crippen LogP contribution is -2.39. The smallest absolute Gasteiger partial charge is 0.273 e. The second-order valence-corrected chi connectivity index (χ2v) is 8.48. The molecule has 3 aromatic rings. The molecule has 1 atom stereocenters. The van der Waals surface area contributed by atoms with Crippen LogP contribution in [0.5, 0.6) is 0 Å². The molecule has 0 fully saturated rings. The molecule has 0 radical (unpaired) electrons. The monoisotopic (exact) mass is 433 g/mol. The van der Waals surface area contributed by atoms with Crippen LogP contribution in [-0.4, -0.2) is 28.6 Å². The number of benzene rings is 2. The Bertz CT molecular complexity index is 1120. The van der Waals surface area contributed by atoms with E-state index in [1.165, 1.54) is 21.9 Å². The van der Waals surface area contributed by atoms with E-state index in [1.54, 1.807) is 0 Å². The molecule has 3 N–H and O–H groups in total. The average molecular weight is 434 g/mol. The Labute approximate surface area is 184 Å². The summed E-state index contributed by atoms with van der Waals surface area (Å²) in [5.41, 5.74) is 9.54. The number of primary amides is 1. The van der Waals surface area contributed by atoms with Crippen molar-refractivity contribution in [2.24, 2.45) is 10.8 Å². The number of hydrazone groups is 1. The first kappa shape index (κ1) is 20.7. The zero-order chi connectivity index (χ0) is 22.0. The summed E-state index contributed by atoms with van der Waals surface area (Å²) in [5.74, 6) is -0.455. The summed E-state index contributed by atoms with van der Waals surface area (Å²) in [4.78, 5) is 29.2. The molecule has 0 unspecified atom stereocenters. The van der Waals surface area contributed by atoms with Gasteiger partial charge in [-0.1, -0.05) is 56.3 Å². The molecule has 8 heteroatoms. The van der Waals surface area contributed by atoms with E-state index < -0.39 is 11.9 Å². The largest absolute Gasteiger partial charge is 0.368 e. The van der Waals surface area contributed by atoms with E-state index >= 15 is 0 Å². The number of amides is 2. The number of carbonyl (C=O) groups excluding carboxylic acids is 2. The zero-order valence-corrected chi connectivity index (χ0v) is 18.1. The van der Waals surface area contributed by atoms with E-state index in [0.717, 1.165) is 11.3 Å². The Kier molecular flexibility index (Phi) is 5.81. The Morgan fingerprint density at radius 1 is 1.13 bits per heavy atom. The summed E-state index contributed by atoms with van der Waals surface area (Å²) in [6.45, 7) is 4.30. The highest BCUT2D eigenvalue weighted by Crippen LogP contribution is 2.28. The summed E-state index contributed by atoms with van der Waals surface area (Å²) in [6, 6.07) is 16.7. The highest BCUT2D eigenvalue weighted by atomic mass is 32.1. The second kappa shape index (κ2) is 8.69. The summed E-state index contributed by atoms with van der Waals surface area (Å²) in [5, 5.41) is 11.0. The maximum absolute atomic E-state index is 12.8. The number of nitrogens with two attached hydrogens (primary N) is 1. The predicted octanol–water partition coefficient (Wildman–Crippen LogP) is 3.99. The maximum Gasteiger partial charge on any atom is 0.273 e. The van der Waals surface area contributed by atoms with Gasteiger partial charge < -0.3 is 5.73 Å². The van der Waals surface area contributed by atoms with Crippen LogP contribution in [0.25, 0.3) is 11.3 Å². The van der Waals surface area contributed by atoms with Gasteiger partial charge in [0, 0.05) is 17.4 Å². The van der Waals surface area contributed by atoms with Crippen LogP contribution in [0.3, 0.4) is 0 Å². The highest BCUT2D eigenvalue weighted by Gasteiger charge is 2.35. The molecule has 7 nitrogen and oxygen atoms in total. The van der Waals surface area contributed by atoms with E-state index in [-0.39, 0.29) is 18.0 Å². The van der Waals surface area contributed by atoms with Crippen molar-refractivity contribution in [2.45, 2.75) is 32.2 Å². The van der Waals surface area contributed by atoms with Gasteiger partial charge in [0.25, 0.3) is 5.91 Å². The fourth-order valence-electron chi connectivity index (χ4n) is 3.36. The number of aromatic nitrogens is 1. The van der Waals surface area contributed by atoms with Gasteiger partial charge in [-0.05, 0) is 23.6 Å². The molecule has 2 aromatic carbocycles. The lowest BCUT2D eigenvalue weighted by molar-refractivity contribution is -0.119. The number of anilines is 2. The normalized spacial score (nSPS) is 15.8. The third-order valence-corrected chi connectivity index (χ3v) is 5.88. The van der Waals surface area contributed by atoms with Crippen LogP contribution < -0.4 is 16.1 Å². The summed E-state index contributed by atoms with van der Waals surface area (Å²) in [7, 11) is 0. The molecular weight excluding hydrogens is 410 g/mol. The summed E-state index contributed by atoms with van der Waals surface area (Å²) < 4.78 is 0.